The highest BCUT2D eigenvalue weighted by molar-refractivity contribution is 5.05. The lowest BCUT2D eigenvalue weighted by molar-refractivity contribution is -0.0153. The molecule has 0 aromatic heterocycles. The second kappa shape index (κ2) is 10.8. The van der Waals surface area contributed by atoms with Crippen molar-refractivity contribution in [1.29, 1.82) is 0 Å². The number of hydrogen-bond donors (Lipinski definition) is 0. The maximum absolute atomic E-state index is 3.27. The summed E-state index contributed by atoms with van der Waals surface area (Å²) in [6.45, 7) is 5.03. The van der Waals surface area contributed by atoms with Crippen LogP contribution >= 0.6 is 0 Å². The second-order valence-electron chi connectivity index (χ2n) is 14.7. The molecule has 1 heteroatoms. The molecule has 0 bridgehead atoms. The lowest BCUT2D eigenvalue weighted by Gasteiger charge is -2.51. The smallest absolute Gasteiger partial charge is 0.0104 e. The molecule has 0 aromatic carbocycles. The van der Waals surface area contributed by atoms with E-state index in [0.29, 0.717) is 0 Å². The maximum Gasteiger partial charge on any atom is 0.0104 e. The summed E-state index contributed by atoms with van der Waals surface area (Å²) in [6, 6.07) is 2.78. The third-order valence-corrected chi connectivity index (χ3v) is 12.8. The van der Waals surface area contributed by atoms with Gasteiger partial charge in [0.15, 0.2) is 0 Å². The average molecular weight is 468 g/mol. The van der Waals surface area contributed by atoms with E-state index in [-0.39, 0.29) is 0 Å². The van der Waals surface area contributed by atoms with E-state index in [9.17, 15) is 0 Å². The lowest BCUT2D eigenvalue weighted by Crippen LogP contribution is -2.54. The van der Waals surface area contributed by atoms with Gasteiger partial charge in [-0.05, 0) is 131 Å². The fraction of sp³-hybridized carbons (Fsp3) is 1.00. The highest BCUT2D eigenvalue weighted by Crippen LogP contribution is 2.61. The van der Waals surface area contributed by atoms with E-state index in [1.165, 1.54) is 57.8 Å². The van der Waals surface area contributed by atoms with E-state index in [2.05, 4.69) is 18.7 Å². The first-order chi connectivity index (χ1) is 16.7. The number of nitrogens with zero attached hydrogens (tertiary/aromatic N) is 1. The summed E-state index contributed by atoms with van der Waals surface area (Å²) in [7, 11) is 0. The van der Waals surface area contributed by atoms with Crippen LogP contribution < -0.4 is 0 Å². The first-order valence-electron chi connectivity index (χ1n) is 16.5. The van der Waals surface area contributed by atoms with Gasteiger partial charge in [-0.25, -0.2) is 0 Å². The van der Waals surface area contributed by atoms with Crippen molar-refractivity contribution in [3.8, 4) is 0 Å². The third kappa shape index (κ3) is 4.79. The normalized spacial score (nSPS) is 48.4. The quantitative estimate of drug-likeness (QED) is 0.398. The van der Waals surface area contributed by atoms with Crippen LogP contribution in [0.15, 0.2) is 0 Å². The van der Waals surface area contributed by atoms with Gasteiger partial charge in [-0.1, -0.05) is 58.8 Å². The van der Waals surface area contributed by atoms with Crippen molar-refractivity contribution in [3.05, 3.63) is 0 Å². The van der Waals surface area contributed by atoms with Gasteiger partial charge in [-0.3, -0.25) is 4.90 Å². The first-order valence-corrected chi connectivity index (χ1v) is 16.5. The molecule has 0 aromatic rings. The summed E-state index contributed by atoms with van der Waals surface area (Å²) in [6.07, 6.45) is 30.9. The molecule has 34 heavy (non-hydrogen) atoms. The van der Waals surface area contributed by atoms with Gasteiger partial charge in [0, 0.05) is 18.1 Å². The van der Waals surface area contributed by atoms with Gasteiger partial charge in [-0.2, -0.15) is 0 Å². The lowest BCUT2D eigenvalue weighted by atomic mass is 9.66. The number of hydrogen-bond acceptors (Lipinski definition) is 1. The molecule has 6 fully saturated rings. The SMILES string of the molecule is CC1CCC(N(C2CCC(C)CC2)C2CCC3C4CCCCC4C(C4CCCCC4)C3C2)CC1. The Kier molecular flexibility index (Phi) is 7.69. The van der Waals surface area contributed by atoms with Crippen molar-refractivity contribution in [3.63, 3.8) is 0 Å². The molecule has 0 amide bonds. The van der Waals surface area contributed by atoms with Gasteiger partial charge in [-0.15, -0.1) is 0 Å². The van der Waals surface area contributed by atoms with Crippen molar-refractivity contribution in [2.45, 2.75) is 160 Å². The summed E-state index contributed by atoms with van der Waals surface area (Å²) in [5.41, 5.74) is 0. The predicted molar refractivity (Wildman–Crippen MR) is 145 cm³/mol. The van der Waals surface area contributed by atoms with Crippen molar-refractivity contribution in [1.82, 2.24) is 4.90 Å². The van der Waals surface area contributed by atoms with Gasteiger partial charge in [0.2, 0.25) is 0 Å². The molecule has 6 unspecified atom stereocenters. The van der Waals surface area contributed by atoms with Gasteiger partial charge < -0.3 is 0 Å². The molecule has 194 valence electrons. The van der Waals surface area contributed by atoms with Gasteiger partial charge >= 0.3 is 0 Å². The van der Waals surface area contributed by atoms with E-state index >= 15 is 0 Å². The minimum atomic E-state index is 0.924. The number of rotatable bonds is 4. The first kappa shape index (κ1) is 24.3. The Bertz CT molecular complexity index is 613. The largest absolute Gasteiger partial charge is 0.294 e. The average Bonchev–Trinajstić information content (AvgIpc) is 3.21. The van der Waals surface area contributed by atoms with Crippen LogP contribution in [0, 0.1) is 47.3 Å². The summed E-state index contributed by atoms with van der Waals surface area (Å²) in [5.74, 6) is 8.67. The molecular weight excluding hydrogens is 410 g/mol. The molecular formula is C33H57N. The zero-order valence-corrected chi connectivity index (χ0v) is 22.9. The monoisotopic (exact) mass is 467 g/mol. The van der Waals surface area contributed by atoms with E-state index < -0.39 is 0 Å². The van der Waals surface area contributed by atoms with Gasteiger partial charge in [0.05, 0.1) is 0 Å². The molecule has 0 heterocycles. The Morgan fingerprint density at radius 1 is 0.412 bits per heavy atom. The van der Waals surface area contributed by atoms with Crippen molar-refractivity contribution in [2.75, 3.05) is 0 Å². The van der Waals surface area contributed by atoms with E-state index in [1.54, 1.807) is 70.6 Å². The molecule has 6 atom stereocenters. The summed E-state index contributed by atoms with van der Waals surface area (Å²) in [4.78, 5) is 3.27. The molecule has 0 radical (unpaired) electrons. The standard InChI is InChI=1S/C33H57N/c1-23-12-16-26(17-13-23)34(27-18-14-24(2)15-19-27)28-20-21-30-29-10-6-7-11-31(29)33(32(30)22-28)25-8-4-3-5-9-25/h23-33H,3-22H2,1-2H3. The molecule has 0 aliphatic heterocycles. The van der Waals surface area contributed by atoms with Crippen LogP contribution in [0.4, 0.5) is 0 Å². The Hall–Kier alpha value is -0.0400. The molecule has 0 saturated heterocycles. The van der Waals surface area contributed by atoms with E-state index in [4.69, 9.17) is 0 Å². The van der Waals surface area contributed by atoms with Crippen LogP contribution in [0.5, 0.6) is 0 Å². The minimum absolute atomic E-state index is 0.924. The van der Waals surface area contributed by atoms with Crippen LogP contribution in [0.2, 0.25) is 0 Å². The zero-order chi connectivity index (χ0) is 23.1. The van der Waals surface area contributed by atoms with Gasteiger partial charge in [0.25, 0.3) is 0 Å². The van der Waals surface area contributed by atoms with Gasteiger partial charge in [0.1, 0.15) is 0 Å². The molecule has 6 aliphatic rings. The Balaban J connectivity index is 1.24. The molecule has 0 spiro atoms. The Labute approximate surface area is 212 Å². The van der Waals surface area contributed by atoms with Crippen molar-refractivity contribution >= 4 is 0 Å². The second-order valence-corrected chi connectivity index (χ2v) is 14.7. The molecule has 6 saturated carbocycles. The summed E-state index contributed by atoms with van der Waals surface area (Å²) >= 11 is 0. The fourth-order valence-electron chi connectivity index (χ4n) is 11.2. The van der Waals surface area contributed by atoms with Crippen LogP contribution in [0.1, 0.15) is 142 Å². The van der Waals surface area contributed by atoms with Crippen molar-refractivity contribution < 1.29 is 0 Å². The van der Waals surface area contributed by atoms with Crippen LogP contribution in [0.25, 0.3) is 0 Å². The van der Waals surface area contributed by atoms with Crippen LogP contribution in [-0.2, 0) is 0 Å². The summed E-state index contributed by atoms with van der Waals surface area (Å²) < 4.78 is 0. The Morgan fingerprint density at radius 2 is 0.912 bits per heavy atom. The van der Waals surface area contributed by atoms with E-state index in [1.807, 2.05) is 0 Å². The third-order valence-electron chi connectivity index (χ3n) is 12.8. The number of fused-ring (bicyclic) bond motifs is 3. The van der Waals surface area contributed by atoms with Crippen LogP contribution in [-0.4, -0.2) is 23.0 Å². The topological polar surface area (TPSA) is 3.24 Å². The maximum atomic E-state index is 3.27. The zero-order valence-electron chi connectivity index (χ0n) is 22.9. The highest BCUT2D eigenvalue weighted by Gasteiger charge is 2.55. The molecule has 6 rings (SSSR count). The van der Waals surface area contributed by atoms with E-state index in [0.717, 1.165) is 65.5 Å². The minimum Gasteiger partial charge on any atom is -0.294 e. The molecule has 6 aliphatic carbocycles. The predicted octanol–water partition coefficient (Wildman–Crippen LogP) is 9.25. The Morgan fingerprint density at radius 3 is 1.53 bits per heavy atom. The fourth-order valence-corrected chi connectivity index (χ4v) is 11.2. The molecule has 0 N–H and O–H groups in total. The highest BCUT2D eigenvalue weighted by atomic mass is 15.2. The molecule has 1 nitrogen and oxygen atoms in total. The summed E-state index contributed by atoms with van der Waals surface area (Å²) in [5, 5.41) is 0. The van der Waals surface area contributed by atoms with Crippen molar-refractivity contribution in [2.24, 2.45) is 47.3 Å². The van der Waals surface area contributed by atoms with Crippen LogP contribution in [0.3, 0.4) is 0 Å².